The minimum atomic E-state index is -0.296. The van der Waals surface area contributed by atoms with E-state index in [4.69, 9.17) is 0 Å². The molecule has 2 atom stereocenters. The van der Waals surface area contributed by atoms with Crippen LogP contribution in [0.5, 0.6) is 0 Å². The molecule has 96 valence electrons. The topological polar surface area (TPSA) is 46.6 Å². The number of methoxy groups -OCH3 is 1. The Morgan fingerprint density at radius 3 is 2.24 bits per heavy atom. The average molecular weight is 239 g/mol. The molecular weight excluding hydrogens is 218 g/mol. The van der Waals surface area contributed by atoms with Crippen molar-refractivity contribution in [2.24, 2.45) is 11.8 Å². The molecule has 0 bridgehead atoms. The lowest BCUT2D eigenvalue weighted by atomic mass is 9.82. The van der Waals surface area contributed by atoms with E-state index in [1.54, 1.807) is 0 Å². The summed E-state index contributed by atoms with van der Waals surface area (Å²) in [6.45, 7) is 1.81. The van der Waals surface area contributed by atoms with Gasteiger partial charge in [0.2, 0.25) is 5.91 Å². The molecule has 0 spiro atoms. The van der Waals surface area contributed by atoms with E-state index in [2.05, 4.69) is 4.74 Å². The maximum atomic E-state index is 11.9. The Morgan fingerprint density at radius 1 is 1.12 bits per heavy atom. The van der Waals surface area contributed by atoms with E-state index < -0.39 is 0 Å². The zero-order valence-corrected chi connectivity index (χ0v) is 10.5. The number of hydrogen-bond donors (Lipinski definition) is 0. The van der Waals surface area contributed by atoms with Crippen LogP contribution in [0.15, 0.2) is 0 Å². The highest BCUT2D eigenvalue weighted by Gasteiger charge is 2.36. The van der Waals surface area contributed by atoms with Crippen molar-refractivity contribution in [1.82, 2.24) is 4.90 Å². The van der Waals surface area contributed by atoms with Gasteiger partial charge in [0, 0.05) is 19.5 Å². The molecule has 2 rings (SSSR count). The van der Waals surface area contributed by atoms with Gasteiger partial charge in [0.25, 0.3) is 0 Å². The molecule has 0 aromatic carbocycles. The van der Waals surface area contributed by atoms with Gasteiger partial charge in [-0.3, -0.25) is 9.59 Å². The van der Waals surface area contributed by atoms with Gasteiger partial charge in [-0.1, -0.05) is 12.8 Å². The lowest BCUT2D eigenvalue weighted by Crippen LogP contribution is -2.29. The number of ether oxygens (including phenoxy) is 1. The molecule has 1 saturated heterocycles. The summed E-state index contributed by atoms with van der Waals surface area (Å²) in [6.07, 6.45) is 5.67. The van der Waals surface area contributed by atoms with E-state index >= 15 is 0 Å². The summed E-state index contributed by atoms with van der Waals surface area (Å²) in [5.74, 6) is 1.25. The van der Waals surface area contributed by atoms with Crippen LogP contribution in [-0.2, 0) is 14.3 Å². The standard InChI is InChI=1S/C13H21NO3/c1-17-13(16)7-6-12(15)14-8-10-4-2-3-5-11(10)9-14/h10-11H,2-9H2,1H3/t10-,11+. The SMILES string of the molecule is COC(=O)CCC(=O)N1C[C@H]2CCCC[C@H]2C1. The number of fused-ring (bicyclic) bond motifs is 1. The maximum absolute atomic E-state index is 11.9. The van der Waals surface area contributed by atoms with E-state index in [0.29, 0.717) is 18.3 Å². The van der Waals surface area contributed by atoms with Gasteiger partial charge in [-0.25, -0.2) is 0 Å². The van der Waals surface area contributed by atoms with Crippen LogP contribution in [0.3, 0.4) is 0 Å². The fourth-order valence-electron chi connectivity index (χ4n) is 3.08. The Hall–Kier alpha value is -1.06. The van der Waals surface area contributed by atoms with E-state index in [0.717, 1.165) is 13.1 Å². The first-order valence-corrected chi connectivity index (χ1v) is 6.55. The molecule has 0 radical (unpaired) electrons. The van der Waals surface area contributed by atoms with Crippen LogP contribution in [0, 0.1) is 11.8 Å². The molecule has 1 heterocycles. The van der Waals surface area contributed by atoms with Crippen molar-refractivity contribution in [3.8, 4) is 0 Å². The predicted octanol–water partition coefficient (Wildman–Crippen LogP) is 1.59. The third-order valence-corrected chi connectivity index (χ3v) is 4.10. The largest absolute Gasteiger partial charge is 0.469 e. The van der Waals surface area contributed by atoms with Gasteiger partial charge in [-0.15, -0.1) is 0 Å². The highest BCUT2D eigenvalue weighted by molar-refractivity contribution is 5.81. The van der Waals surface area contributed by atoms with Crippen molar-refractivity contribution in [2.75, 3.05) is 20.2 Å². The minimum absolute atomic E-state index is 0.116. The third kappa shape index (κ3) is 2.99. The van der Waals surface area contributed by atoms with Crippen molar-refractivity contribution < 1.29 is 14.3 Å². The number of likely N-dealkylation sites (tertiary alicyclic amines) is 1. The van der Waals surface area contributed by atoms with E-state index in [-0.39, 0.29) is 18.3 Å². The fraction of sp³-hybridized carbons (Fsp3) is 0.846. The lowest BCUT2D eigenvalue weighted by Gasteiger charge is -2.22. The summed E-state index contributed by atoms with van der Waals surface area (Å²) in [5, 5.41) is 0. The maximum Gasteiger partial charge on any atom is 0.306 e. The Morgan fingerprint density at radius 2 is 1.71 bits per heavy atom. The van der Waals surface area contributed by atoms with Gasteiger partial charge in [0.05, 0.1) is 13.5 Å². The Labute approximate surface area is 102 Å². The smallest absolute Gasteiger partial charge is 0.306 e. The number of carbonyl (C=O) groups excluding carboxylic acids is 2. The molecule has 1 aliphatic carbocycles. The summed E-state index contributed by atoms with van der Waals surface area (Å²) >= 11 is 0. The first-order valence-electron chi connectivity index (χ1n) is 6.55. The molecule has 4 nitrogen and oxygen atoms in total. The lowest BCUT2D eigenvalue weighted by molar-refractivity contribution is -0.143. The van der Waals surface area contributed by atoms with Gasteiger partial charge in [-0.2, -0.15) is 0 Å². The minimum Gasteiger partial charge on any atom is -0.469 e. The summed E-state index contributed by atoms with van der Waals surface area (Å²) in [7, 11) is 1.36. The van der Waals surface area contributed by atoms with Crippen molar-refractivity contribution in [3.05, 3.63) is 0 Å². The number of rotatable bonds is 3. The first kappa shape index (κ1) is 12.4. The van der Waals surface area contributed by atoms with Crippen molar-refractivity contribution in [2.45, 2.75) is 38.5 Å². The highest BCUT2D eigenvalue weighted by atomic mass is 16.5. The van der Waals surface area contributed by atoms with Crippen molar-refractivity contribution >= 4 is 11.9 Å². The van der Waals surface area contributed by atoms with E-state index in [1.807, 2.05) is 4.90 Å². The summed E-state index contributed by atoms with van der Waals surface area (Å²) in [4.78, 5) is 24.9. The van der Waals surface area contributed by atoms with Crippen LogP contribution in [0.4, 0.5) is 0 Å². The molecule has 0 unspecified atom stereocenters. The van der Waals surface area contributed by atoms with Crippen LogP contribution in [0.1, 0.15) is 38.5 Å². The van der Waals surface area contributed by atoms with E-state index in [9.17, 15) is 9.59 Å². The highest BCUT2D eigenvalue weighted by Crippen LogP contribution is 2.36. The molecule has 0 aromatic heterocycles. The molecule has 0 N–H and O–H groups in total. The Kier molecular flexibility index (Phi) is 4.02. The monoisotopic (exact) mass is 239 g/mol. The van der Waals surface area contributed by atoms with Crippen molar-refractivity contribution in [3.63, 3.8) is 0 Å². The number of carbonyl (C=O) groups is 2. The predicted molar refractivity (Wildman–Crippen MR) is 63.3 cm³/mol. The van der Waals surface area contributed by atoms with Gasteiger partial charge < -0.3 is 9.64 Å². The summed E-state index contributed by atoms with van der Waals surface area (Å²) < 4.78 is 4.55. The number of nitrogens with zero attached hydrogens (tertiary/aromatic N) is 1. The van der Waals surface area contributed by atoms with Gasteiger partial charge >= 0.3 is 5.97 Å². The van der Waals surface area contributed by atoms with Crippen LogP contribution in [-0.4, -0.2) is 37.0 Å². The second kappa shape index (κ2) is 5.52. The number of hydrogen-bond acceptors (Lipinski definition) is 3. The quantitative estimate of drug-likeness (QED) is 0.703. The number of amides is 1. The van der Waals surface area contributed by atoms with Crippen LogP contribution >= 0.6 is 0 Å². The second-order valence-corrected chi connectivity index (χ2v) is 5.18. The van der Waals surface area contributed by atoms with Crippen LogP contribution in [0.25, 0.3) is 0 Å². The normalized spacial score (nSPS) is 27.7. The van der Waals surface area contributed by atoms with Gasteiger partial charge in [0.1, 0.15) is 0 Å². The average Bonchev–Trinajstić information content (AvgIpc) is 2.79. The number of esters is 1. The molecule has 17 heavy (non-hydrogen) atoms. The molecule has 1 saturated carbocycles. The molecule has 4 heteroatoms. The summed E-state index contributed by atoms with van der Waals surface area (Å²) in [5.41, 5.74) is 0. The summed E-state index contributed by atoms with van der Waals surface area (Å²) in [6, 6.07) is 0. The van der Waals surface area contributed by atoms with Crippen LogP contribution in [0.2, 0.25) is 0 Å². The molecule has 0 aromatic rings. The Balaban J connectivity index is 1.79. The molecule has 2 aliphatic rings. The van der Waals surface area contributed by atoms with Gasteiger partial charge in [-0.05, 0) is 24.7 Å². The molecule has 1 amide bonds. The molecular formula is C13H21NO3. The van der Waals surface area contributed by atoms with E-state index in [1.165, 1.54) is 32.8 Å². The van der Waals surface area contributed by atoms with Crippen molar-refractivity contribution in [1.29, 1.82) is 0 Å². The third-order valence-electron chi connectivity index (χ3n) is 4.10. The zero-order valence-electron chi connectivity index (χ0n) is 10.5. The molecule has 1 aliphatic heterocycles. The second-order valence-electron chi connectivity index (χ2n) is 5.18. The first-order chi connectivity index (χ1) is 8.20. The Bertz CT molecular complexity index is 289. The van der Waals surface area contributed by atoms with Gasteiger partial charge in [0.15, 0.2) is 0 Å². The molecule has 2 fully saturated rings. The van der Waals surface area contributed by atoms with Crippen LogP contribution < -0.4 is 0 Å². The zero-order chi connectivity index (χ0) is 12.3. The fourth-order valence-corrected chi connectivity index (χ4v) is 3.08.